The highest BCUT2D eigenvalue weighted by molar-refractivity contribution is 7.89. The van der Waals surface area contributed by atoms with Crippen LogP contribution in [0.15, 0.2) is 23.5 Å². The smallest absolute Gasteiger partial charge is 0.270 e. The van der Waals surface area contributed by atoms with Crippen molar-refractivity contribution >= 4 is 27.7 Å². The largest absolute Gasteiger partial charge is 0.474 e. The minimum atomic E-state index is -3.58. The van der Waals surface area contributed by atoms with E-state index in [2.05, 4.69) is 20.4 Å². The molecule has 12 nitrogen and oxygen atoms in total. The maximum absolute atomic E-state index is 13.1. The van der Waals surface area contributed by atoms with Crippen LogP contribution in [0.5, 0.6) is 5.75 Å². The van der Waals surface area contributed by atoms with Gasteiger partial charge in [0.25, 0.3) is 5.91 Å². The number of fused-ring (bicyclic) bond motifs is 1. The Kier molecular flexibility index (Phi) is 6.33. The molecular weight excluding hydrogens is 472 g/mol. The Morgan fingerprint density at radius 2 is 1.94 bits per heavy atom. The Labute approximate surface area is 203 Å². The van der Waals surface area contributed by atoms with Gasteiger partial charge in [-0.15, -0.1) is 0 Å². The standard InChI is InChI=1S/C22H28N8O4S/c1-28-14-17(12-25-28)35(32,33)29-10-7-15(8-11-29)26-22-24-13-19-20(27-22)30(16-4-2-3-5-16)21(31)18(34-19)6-9-23/h12-16,18H,2-8,10-11H2,1H3,(H,24,26,27). The van der Waals surface area contributed by atoms with E-state index in [1.807, 2.05) is 6.07 Å². The molecule has 1 saturated heterocycles. The average Bonchev–Trinajstić information content (AvgIpc) is 3.53. The monoisotopic (exact) mass is 500 g/mol. The number of ether oxygens (including phenoxy) is 1. The fraction of sp³-hybridized carbons (Fsp3) is 0.591. The molecule has 4 heterocycles. The predicted octanol–water partition coefficient (Wildman–Crippen LogP) is 1.43. The summed E-state index contributed by atoms with van der Waals surface area (Å²) in [6, 6.07) is 2.05. The molecule has 1 atom stereocenters. The van der Waals surface area contributed by atoms with Gasteiger partial charge in [0.2, 0.25) is 16.0 Å². The second kappa shape index (κ2) is 9.43. The first-order valence-electron chi connectivity index (χ1n) is 11.9. The van der Waals surface area contributed by atoms with Crippen LogP contribution in [0.3, 0.4) is 0 Å². The Morgan fingerprint density at radius 3 is 2.60 bits per heavy atom. The summed E-state index contributed by atoms with van der Waals surface area (Å²) < 4.78 is 34.4. The second-order valence-electron chi connectivity index (χ2n) is 9.17. The molecule has 0 radical (unpaired) electrons. The number of piperidine rings is 1. The highest BCUT2D eigenvalue weighted by Gasteiger charge is 2.41. The lowest BCUT2D eigenvalue weighted by Gasteiger charge is -2.36. The minimum absolute atomic E-state index is 0.0140. The predicted molar refractivity (Wildman–Crippen MR) is 125 cm³/mol. The number of nitrogens with one attached hydrogen (secondary N) is 1. The Morgan fingerprint density at radius 1 is 1.20 bits per heavy atom. The Hall–Kier alpha value is -3.24. The number of aryl methyl sites for hydroxylation is 1. The van der Waals surface area contributed by atoms with Crippen LogP contribution in [-0.2, 0) is 21.9 Å². The van der Waals surface area contributed by atoms with Crippen LogP contribution in [-0.4, -0.2) is 69.7 Å². The highest BCUT2D eigenvalue weighted by atomic mass is 32.2. The molecule has 0 aromatic carbocycles. The van der Waals surface area contributed by atoms with Crippen LogP contribution < -0.4 is 15.0 Å². The third-order valence-electron chi connectivity index (χ3n) is 6.82. The quantitative estimate of drug-likeness (QED) is 0.622. The summed E-state index contributed by atoms with van der Waals surface area (Å²) >= 11 is 0. The minimum Gasteiger partial charge on any atom is -0.474 e. The molecule has 2 aromatic rings. The Balaban J connectivity index is 1.29. The zero-order valence-corrected chi connectivity index (χ0v) is 20.3. The number of carbonyl (C=O) groups is 1. The number of sulfonamides is 1. The number of rotatable bonds is 6. The fourth-order valence-electron chi connectivity index (χ4n) is 4.98. The van der Waals surface area contributed by atoms with Gasteiger partial charge >= 0.3 is 0 Å². The van der Waals surface area contributed by atoms with Crippen molar-refractivity contribution < 1.29 is 17.9 Å². The van der Waals surface area contributed by atoms with E-state index >= 15 is 0 Å². The lowest BCUT2D eigenvalue weighted by atomic mass is 10.1. The molecule has 2 aliphatic heterocycles. The molecule has 2 aromatic heterocycles. The second-order valence-corrected chi connectivity index (χ2v) is 11.1. The van der Waals surface area contributed by atoms with Crippen LogP contribution in [0, 0.1) is 11.3 Å². The fourth-order valence-corrected chi connectivity index (χ4v) is 6.44. The van der Waals surface area contributed by atoms with Crippen molar-refractivity contribution in [3.8, 4) is 11.8 Å². The molecule has 35 heavy (non-hydrogen) atoms. The molecule has 1 saturated carbocycles. The molecule has 13 heteroatoms. The molecule has 2 fully saturated rings. The number of nitrogens with zero attached hydrogens (tertiary/aromatic N) is 7. The van der Waals surface area contributed by atoms with Gasteiger partial charge in [-0.2, -0.15) is 19.6 Å². The van der Waals surface area contributed by atoms with Gasteiger partial charge in [-0.05, 0) is 25.7 Å². The van der Waals surface area contributed by atoms with Gasteiger partial charge in [0.1, 0.15) is 4.90 Å². The summed E-state index contributed by atoms with van der Waals surface area (Å²) in [5.41, 5.74) is 0. The van der Waals surface area contributed by atoms with Crippen LogP contribution in [0.1, 0.15) is 44.9 Å². The van der Waals surface area contributed by atoms with Gasteiger partial charge in [0, 0.05) is 38.4 Å². The van der Waals surface area contributed by atoms with Crippen molar-refractivity contribution in [3.63, 3.8) is 0 Å². The first kappa shape index (κ1) is 23.5. The molecule has 1 aliphatic carbocycles. The van der Waals surface area contributed by atoms with Crippen molar-refractivity contribution in [1.82, 2.24) is 24.1 Å². The lowest BCUT2D eigenvalue weighted by molar-refractivity contribution is -0.126. The first-order valence-corrected chi connectivity index (χ1v) is 13.3. The van der Waals surface area contributed by atoms with Crippen LogP contribution in [0.25, 0.3) is 0 Å². The third kappa shape index (κ3) is 4.55. The van der Waals surface area contributed by atoms with Crippen LogP contribution in [0.2, 0.25) is 0 Å². The average molecular weight is 501 g/mol. The lowest BCUT2D eigenvalue weighted by Crippen LogP contribution is -2.50. The maximum atomic E-state index is 13.1. The van der Waals surface area contributed by atoms with E-state index in [1.165, 1.54) is 21.4 Å². The molecular formula is C22H28N8O4S. The van der Waals surface area contributed by atoms with Gasteiger partial charge in [-0.3, -0.25) is 14.4 Å². The van der Waals surface area contributed by atoms with Gasteiger partial charge in [-0.25, -0.2) is 13.4 Å². The summed E-state index contributed by atoms with van der Waals surface area (Å²) in [6.45, 7) is 0.733. The summed E-state index contributed by atoms with van der Waals surface area (Å²) in [6.07, 6.45) is 8.59. The Bertz CT molecular complexity index is 1240. The third-order valence-corrected chi connectivity index (χ3v) is 8.67. The van der Waals surface area contributed by atoms with E-state index in [-0.39, 0.29) is 29.3 Å². The van der Waals surface area contributed by atoms with Crippen LogP contribution >= 0.6 is 0 Å². The van der Waals surface area contributed by atoms with Gasteiger partial charge in [0.15, 0.2) is 17.7 Å². The molecule has 5 rings (SSSR count). The summed E-state index contributed by atoms with van der Waals surface area (Å²) in [5, 5.41) is 16.4. The first-order chi connectivity index (χ1) is 16.9. The van der Waals surface area contributed by atoms with E-state index in [4.69, 9.17) is 10.00 Å². The number of hydrogen-bond acceptors (Lipinski definition) is 9. The topological polar surface area (TPSA) is 146 Å². The number of hydrogen-bond donors (Lipinski definition) is 1. The zero-order valence-electron chi connectivity index (χ0n) is 19.5. The number of amides is 1. The summed E-state index contributed by atoms with van der Waals surface area (Å²) in [5.74, 6) is 0.977. The summed E-state index contributed by atoms with van der Waals surface area (Å²) in [7, 11) is -1.89. The molecule has 0 bridgehead atoms. The van der Waals surface area contributed by atoms with E-state index in [0.29, 0.717) is 43.4 Å². The van der Waals surface area contributed by atoms with E-state index in [9.17, 15) is 13.2 Å². The van der Waals surface area contributed by atoms with Crippen molar-refractivity contribution in [2.24, 2.45) is 7.05 Å². The maximum Gasteiger partial charge on any atom is 0.270 e. The van der Waals surface area contributed by atoms with Crippen molar-refractivity contribution in [2.75, 3.05) is 23.3 Å². The van der Waals surface area contributed by atoms with Crippen molar-refractivity contribution in [3.05, 3.63) is 18.6 Å². The number of carbonyl (C=O) groups excluding carboxylic acids is 1. The van der Waals surface area contributed by atoms with Crippen molar-refractivity contribution in [2.45, 2.75) is 68.0 Å². The molecule has 186 valence electrons. The molecule has 0 spiro atoms. The zero-order chi connectivity index (χ0) is 24.6. The summed E-state index contributed by atoms with van der Waals surface area (Å²) in [4.78, 5) is 24.0. The van der Waals surface area contributed by atoms with Crippen LogP contribution in [0.4, 0.5) is 11.8 Å². The van der Waals surface area contributed by atoms with E-state index in [0.717, 1.165) is 25.7 Å². The number of anilines is 2. The number of nitriles is 1. The molecule has 1 unspecified atom stereocenters. The van der Waals surface area contributed by atoms with Crippen molar-refractivity contribution in [1.29, 1.82) is 5.26 Å². The molecule has 1 amide bonds. The number of aromatic nitrogens is 4. The molecule has 1 N–H and O–H groups in total. The van der Waals surface area contributed by atoms with Gasteiger partial charge < -0.3 is 10.1 Å². The highest BCUT2D eigenvalue weighted by Crippen LogP contribution is 2.38. The van der Waals surface area contributed by atoms with Gasteiger partial charge in [0.05, 0.1) is 24.9 Å². The van der Waals surface area contributed by atoms with E-state index < -0.39 is 16.1 Å². The van der Waals surface area contributed by atoms with Gasteiger partial charge in [-0.1, -0.05) is 12.8 Å². The molecule has 3 aliphatic rings. The normalized spacial score (nSPS) is 22.0. The SMILES string of the molecule is Cn1cc(S(=O)(=O)N2CCC(Nc3ncc4c(n3)N(C3CCCC3)C(=O)C(CC#N)O4)CC2)cn1. The van der Waals surface area contributed by atoms with E-state index in [1.54, 1.807) is 18.1 Å².